The Labute approximate surface area is 125 Å². The lowest BCUT2D eigenvalue weighted by molar-refractivity contribution is 0.602. The third-order valence-electron chi connectivity index (χ3n) is 3.15. The summed E-state index contributed by atoms with van der Waals surface area (Å²) >= 11 is 0. The maximum Gasteiger partial charge on any atom is 0.232 e. The topological polar surface area (TPSA) is 71.1 Å². The van der Waals surface area contributed by atoms with Crippen molar-refractivity contribution < 1.29 is 8.42 Å². The molecule has 2 aromatic rings. The molecule has 112 valence electrons. The van der Waals surface area contributed by atoms with Crippen LogP contribution in [0.3, 0.4) is 0 Å². The Morgan fingerprint density at radius 2 is 1.76 bits per heavy atom. The third kappa shape index (κ3) is 3.95. The summed E-state index contributed by atoms with van der Waals surface area (Å²) in [4.78, 5) is 4.24. The molecule has 0 aliphatic carbocycles. The maximum absolute atomic E-state index is 11.5. The van der Waals surface area contributed by atoms with Crippen molar-refractivity contribution in [3.63, 3.8) is 0 Å². The summed E-state index contributed by atoms with van der Waals surface area (Å²) in [6.45, 7) is 5.64. The van der Waals surface area contributed by atoms with Crippen molar-refractivity contribution in [2.24, 2.45) is 0 Å². The molecule has 0 aliphatic rings. The van der Waals surface area contributed by atoms with Gasteiger partial charge in [-0.3, -0.25) is 4.72 Å². The lowest BCUT2D eigenvalue weighted by Gasteiger charge is -2.12. The van der Waals surface area contributed by atoms with Crippen LogP contribution in [0.15, 0.2) is 36.5 Å². The number of benzene rings is 1. The number of para-hydroxylation sites is 1. The maximum atomic E-state index is 11.5. The molecule has 1 aromatic heterocycles. The molecule has 0 saturated carbocycles. The molecular weight excluding hydrogens is 286 g/mol. The molecule has 5 nitrogen and oxygen atoms in total. The average Bonchev–Trinajstić information content (AvgIpc) is 2.45. The van der Waals surface area contributed by atoms with Crippen LogP contribution >= 0.6 is 0 Å². The fourth-order valence-corrected chi connectivity index (χ4v) is 2.54. The molecule has 0 bridgehead atoms. The first-order chi connectivity index (χ1) is 9.91. The molecule has 0 spiro atoms. The predicted molar refractivity (Wildman–Crippen MR) is 86.5 cm³/mol. The average molecular weight is 305 g/mol. The normalized spacial score (nSPS) is 11.2. The van der Waals surface area contributed by atoms with Crippen molar-refractivity contribution in [3.05, 3.63) is 47.7 Å². The molecule has 21 heavy (non-hydrogen) atoms. The van der Waals surface area contributed by atoms with Crippen LogP contribution in [0.5, 0.6) is 0 Å². The second-order valence-corrected chi connectivity index (χ2v) is 6.84. The Kier molecular flexibility index (Phi) is 4.47. The first-order valence-corrected chi connectivity index (χ1v) is 8.36. The van der Waals surface area contributed by atoms with E-state index in [0.29, 0.717) is 11.5 Å². The summed E-state index contributed by atoms with van der Waals surface area (Å²) in [6, 6.07) is 9.50. The van der Waals surface area contributed by atoms with Gasteiger partial charge in [0.25, 0.3) is 0 Å². The van der Waals surface area contributed by atoms with Crippen molar-refractivity contribution in [2.45, 2.75) is 20.8 Å². The molecule has 1 heterocycles. The van der Waals surface area contributed by atoms with E-state index in [0.717, 1.165) is 16.8 Å². The first kappa shape index (κ1) is 15.3. The highest BCUT2D eigenvalue weighted by atomic mass is 32.2. The summed E-state index contributed by atoms with van der Waals surface area (Å²) in [6.07, 6.45) is 1.50. The van der Waals surface area contributed by atoms with E-state index in [2.05, 4.69) is 15.0 Å². The van der Waals surface area contributed by atoms with E-state index in [9.17, 15) is 8.42 Å². The highest BCUT2D eigenvalue weighted by Gasteiger charge is 2.07. The molecule has 0 saturated heterocycles. The summed E-state index contributed by atoms with van der Waals surface area (Å²) in [5.41, 5.74) is 3.75. The Bertz CT molecular complexity index is 705. The van der Waals surface area contributed by atoms with Crippen LogP contribution in [0.2, 0.25) is 0 Å². The van der Waals surface area contributed by atoms with Gasteiger partial charge in [0.1, 0.15) is 5.82 Å². The van der Waals surface area contributed by atoms with Gasteiger partial charge < -0.3 is 5.32 Å². The van der Waals surface area contributed by atoms with Crippen LogP contribution in [0.25, 0.3) is 0 Å². The van der Waals surface area contributed by atoms with Crippen LogP contribution in [0.4, 0.5) is 17.2 Å². The van der Waals surface area contributed by atoms with E-state index in [-0.39, 0.29) is 5.75 Å². The molecule has 0 unspecified atom stereocenters. The third-order valence-corrected chi connectivity index (χ3v) is 4.46. The van der Waals surface area contributed by atoms with E-state index in [4.69, 9.17) is 0 Å². The molecule has 6 heteroatoms. The quantitative estimate of drug-likeness (QED) is 0.890. The van der Waals surface area contributed by atoms with Gasteiger partial charge in [-0.15, -0.1) is 0 Å². The highest BCUT2D eigenvalue weighted by Crippen LogP contribution is 2.23. The summed E-state index contributed by atoms with van der Waals surface area (Å²) in [5.74, 6) is 0.710. The zero-order valence-electron chi connectivity index (χ0n) is 12.3. The number of rotatable bonds is 5. The summed E-state index contributed by atoms with van der Waals surface area (Å²) in [7, 11) is -3.27. The number of nitrogens with one attached hydrogen (secondary N) is 2. The Balaban J connectivity index is 2.17. The molecule has 0 fully saturated rings. The summed E-state index contributed by atoms with van der Waals surface area (Å²) in [5, 5.41) is 3.26. The fraction of sp³-hybridized carbons (Fsp3) is 0.267. The fourth-order valence-electron chi connectivity index (χ4n) is 1.92. The lowest BCUT2D eigenvalue weighted by atomic mass is 10.1. The van der Waals surface area contributed by atoms with E-state index in [1.165, 1.54) is 6.20 Å². The van der Waals surface area contributed by atoms with E-state index in [1.807, 2.05) is 32.0 Å². The van der Waals surface area contributed by atoms with Gasteiger partial charge in [0.2, 0.25) is 10.0 Å². The zero-order chi connectivity index (χ0) is 15.5. The SMILES string of the molecule is CCS(=O)(=O)Nc1ccc(Nc2c(C)cccc2C)nc1. The van der Waals surface area contributed by atoms with Gasteiger partial charge in [0, 0.05) is 5.69 Å². The van der Waals surface area contributed by atoms with Gasteiger partial charge in [-0.2, -0.15) is 0 Å². The number of aryl methyl sites for hydroxylation is 2. The van der Waals surface area contributed by atoms with Crippen molar-refractivity contribution in [1.82, 2.24) is 4.98 Å². The van der Waals surface area contributed by atoms with Gasteiger partial charge in [0.15, 0.2) is 0 Å². The molecule has 2 rings (SSSR count). The highest BCUT2D eigenvalue weighted by molar-refractivity contribution is 7.92. The number of hydrogen-bond acceptors (Lipinski definition) is 4. The van der Waals surface area contributed by atoms with Crippen molar-refractivity contribution in [2.75, 3.05) is 15.8 Å². The second-order valence-electron chi connectivity index (χ2n) is 4.83. The minimum absolute atomic E-state index is 0.0371. The van der Waals surface area contributed by atoms with Crippen molar-refractivity contribution >= 4 is 27.2 Å². The van der Waals surface area contributed by atoms with Crippen LogP contribution < -0.4 is 10.0 Å². The van der Waals surface area contributed by atoms with Crippen molar-refractivity contribution in [3.8, 4) is 0 Å². The molecule has 0 amide bonds. The smallest absolute Gasteiger partial charge is 0.232 e. The largest absolute Gasteiger partial charge is 0.340 e. The molecule has 0 radical (unpaired) electrons. The number of anilines is 3. The molecular formula is C15H19N3O2S. The predicted octanol–water partition coefficient (Wildman–Crippen LogP) is 3.20. The number of hydrogen-bond donors (Lipinski definition) is 2. The summed E-state index contributed by atoms with van der Waals surface area (Å²) < 4.78 is 25.4. The van der Waals surface area contributed by atoms with Crippen molar-refractivity contribution in [1.29, 1.82) is 0 Å². The zero-order valence-corrected chi connectivity index (χ0v) is 13.2. The van der Waals surface area contributed by atoms with E-state index < -0.39 is 10.0 Å². The molecule has 2 N–H and O–H groups in total. The Morgan fingerprint density at radius 1 is 1.10 bits per heavy atom. The Hall–Kier alpha value is -2.08. The lowest BCUT2D eigenvalue weighted by Crippen LogP contribution is -2.14. The van der Waals surface area contributed by atoms with Gasteiger partial charge in [-0.25, -0.2) is 13.4 Å². The van der Waals surface area contributed by atoms with Crippen LogP contribution in [0.1, 0.15) is 18.1 Å². The van der Waals surface area contributed by atoms with Gasteiger partial charge in [-0.05, 0) is 44.0 Å². The van der Waals surface area contributed by atoms with Crippen LogP contribution in [-0.4, -0.2) is 19.2 Å². The van der Waals surface area contributed by atoms with E-state index >= 15 is 0 Å². The van der Waals surface area contributed by atoms with Crippen LogP contribution in [-0.2, 0) is 10.0 Å². The standard InChI is InChI=1S/C15H19N3O2S/c1-4-21(19,20)18-13-8-9-14(16-10-13)17-15-11(2)6-5-7-12(15)3/h5-10,18H,4H2,1-3H3,(H,16,17). The second kappa shape index (κ2) is 6.13. The number of nitrogens with zero attached hydrogens (tertiary/aromatic N) is 1. The molecule has 0 aliphatic heterocycles. The van der Waals surface area contributed by atoms with Gasteiger partial charge >= 0.3 is 0 Å². The van der Waals surface area contributed by atoms with E-state index in [1.54, 1.807) is 19.1 Å². The number of sulfonamides is 1. The first-order valence-electron chi connectivity index (χ1n) is 6.71. The number of aromatic nitrogens is 1. The Morgan fingerprint density at radius 3 is 2.29 bits per heavy atom. The molecule has 0 atom stereocenters. The van der Waals surface area contributed by atoms with Crippen LogP contribution in [0, 0.1) is 13.8 Å². The monoisotopic (exact) mass is 305 g/mol. The number of pyridine rings is 1. The minimum atomic E-state index is -3.27. The molecule has 1 aromatic carbocycles. The van der Waals surface area contributed by atoms with Gasteiger partial charge in [-0.1, -0.05) is 18.2 Å². The minimum Gasteiger partial charge on any atom is -0.340 e. The van der Waals surface area contributed by atoms with Gasteiger partial charge in [0.05, 0.1) is 17.6 Å².